The van der Waals surface area contributed by atoms with E-state index in [4.69, 9.17) is 9.72 Å². The SMILES string of the molecule is O=C(NC(CCN(CCCCc1ccc2c(n1)NCCC2)C1CC1)C(=O)O)OCCc1ccccn1. The summed E-state index contributed by atoms with van der Waals surface area (Å²) < 4.78 is 5.17. The van der Waals surface area contributed by atoms with Crippen molar-refractivity contribution in [2.24, 2.45) is 0 Å². The standard InChI is InChI=1S/C27H37N5O4/c33-26(34)24(31-27(35)36-19-14-21-7-1-3-15-28-21)13-18-32(23-11-12-23)17-4-2-8-22-10-9-20-6-5-16-29-25(20)30-22/h1,3,7,9-10,15,23-24H,2,4-6,8,11-14,16-19H2,(H,29,30)(H,31,35)(H,33,34). The average Bonchev–Trinajstić information content (AvgIpc) is 3.73. The van der Waals surface area contributed by atoms with E-state index in [1.54, 1.807) is 6.20 Å². The number of carboxylic acid groups (broad SMARTS) is 1. The third kappa shape index (κ3) is 8.19. The first-order chi connectivity index (χ1) is 17.6. The number of alkyl carbamates (subject to hydrolysis) is 1. The largest absolute Gasteiger partial charge is 0.480 e. The van der Waals surface area contributed by atoms with Crippen molar-refractivity contribution in [3.05, 3.63) is 53.5 Å². The molecular weight excluding hydrogens is 458 g/mol. The van der Waals surface area contributed by atoms with Crippen LogP contribution in [0.2, 0.25) is 0 Å². The van der Waals surface area contributed by atoms with Crippen LogP contribution in [-0.2, 0) is 28.8 Å². The van der Waals surface area contributed by atoms with Gasteiger partial charge in [-0.1, -0.05) is 12.1 Å². The molecule has 4 rings (SSSR count). The van der Waals surface area contributed by atoms with Gasteiger partial charge in [0.15, 0.2) is 0 Å². The van der Waals surface area contributed by atoms with Crippen molar-refractivity contribution in [3.8, 4) is 0 Å². The van der Waals surface area contributed by atoms with Gasteiger partial charge in [-0.25, -0.2) is 14.6 Å². The lowest BCUT2D eigenvalue weighted by Crippen LogP contribution is -2.44. The first kappa shape index (κ1) is 25.9. The van der Waals surface area contributed by atoms with Crippen LogP contribution in [-0.4, -0.2) is 70.4 Å². The summed E-state index contributed by atoms with van der Waals surface area (Å²) in [5, 5.41) is 15.5. The maximum absolute atomic E-state index is 12.1. The number of anilines is 1. The molecule has 0 spiro atoms. The molecule has 0 saturated heterocycles. The molecule has 0 aromatic carbocycles. The molecule has 1 amide bonds. The Labute approximate surface area is 212 Å². The van der Waals surface area contributed by atoms with Crippen molar-refractivity contribution >= 4 is 17.9 Å². The minimum absolute atomic E-state index is 0.151. The van der Waals surface area contributed by atoms with Gasteiger partial charge in [-0.05, 0) is 81.7 Å². The second-order valence-corrected chi connectivity index (χ2v) is 9.60. The van der Waals surface area contributed by atoms with Crippen LogP contribution in [0.5, 0.6) is 0 Å². The van der Waals surface area contributed by atoms with Crippen molar-refractivity contribution < 1.29 is 19.4 Å². The van der Waals surface area contributed by atoms with Gasteiger partial charge >= 0.3 is 12.1 Å². The van der Waals surface area contributed by atoms with Gasteiger partial charge in [0.05, 0.1) is 6.61 Å². The van der Waals surface area contributed by atoms with Crippen molar-refractivity contribution in [1.29, 1.82) is 0 Å². The monoisotopic (exact) mass is 495 g/mol. The number of hydrogen-bond donors (Lipinski definition) is 3. The van der Waals surface area contributed by atoms with Crippen LogP contribution in [0.1, 0.15) is 55.5 Å². The van der Waals surface area contributed by atoms with E-state index in [9.17, 15) is 14.7 Å². The number of unbranched alkanes of at least 4 members (excludes halogenated alkanes) is 1. The molecule has 1 aliphatic carbocycles. The lowest BCUT2D eigenvalue weighted by molar-refractivity contribution is -0.139. The van der Waals surface area contributed by atoms with Crippen LogP contribution >= 0.6 is 0 Å². The number of rotatable bonds is 14. The molecule has 0 radical (unpaired) electrons. The van der Waals surface area contributed by atoms with Gasteiger partial charge in [-0.15, -0.1) is 0 Å². The zero-order valence-electron chi connectivity index (χ0n) is 20.8. The predicted octanol–water partition coefficient (Wildman–Crippen LogP) is 3.43. The number of amides is 1. The molecule has 1 atom stereocenters. The van der Waals surface area contributed by atoms with Gasteiger partial charge < -0.3 is 25.4 Å². The minimum Gasteiger partial charge on any atom is -0.480 e. The third-order valence-corrected chi connectivity index (χ3v) is 6.76. The zero-order chi connectivity index (χ0) is 25.2. The molecule has 36 heavy (non-hydrogen) atoms. The molecule has 1 aliphatic heterocycles. The number of nitrogens with one attached hydrogen (secondary N) is 2. The van der Waals surface area contributed by atoms with Crippen LogP contribution < -0.4 is 10.6 Å². The summed E-state index contributed by atoms with van der Waals surface area (Å²) in [5.74, 6) is 0.000319. The Morgan fingerprint density at radius 1 is 1.14 bits per heavy atom. The Balaban J connectivity index is 1.16. The fourth-order valence-corrected chi connectivity index (χ4v) is 4.58. The fourth-order valence-electron chi connectivity index (χ4n) is 4.58. The maximum Gasteiger partial charge on any atom is 0.407 e. The van der Waals surface area contributed by atoms with E-state index in [1.165, 1.54) is 5.56 Å². The molecule has 9 heteroatoms. The van der Waals surface area contributed by atoms with Gasteiger partial charge in [0.25, 0.3) is 0 Å². The molecule has 9 nitrogen and oxygen atoms in total. The first-order valence-electron chi connectivity index (χ1n) is 13.1. The number of pyridine rings is 2. The number of aromatic nitrogens is 2. The number of aryl methyl sites for hydroxylation is 2. The molecule has 2 aliphatic rings. The molecule has 2 aromatic rings. The maximum atomic E-state index is 12.1. The Morgan fingerprint density at radius 3 is 2.81 bits per heavy atom. The molecule has 1 saturated carbocycles. The highest BCUT2D eigenvalue weighted by Crippen LogP contribution is 2.27. The fraction of sp³-hybridized carbons (Fsp3) is 0.556. The Bertz CT molecular complexity index is 999. The highest BCUT2D eigenvalue weighted by atomic mass is 16.5. The molecular formula is C27H37N5O4. The number of carboxylic acids is 1. The molecule has 3 N–H and O–H groups in total. The molecule has 2 aromatic heterocycles. The summed E-state index contributed by atoms with van der Waals surface area (Å²) in [6.07, 6.45) is 9.39. The molecule has 1 fully saturated rings. The van der Waals surface area contributed by atoms with E-state index in [1.807, 2.05) is 18.2 Å². The zero-order valence-corrected chi connectivity index (χ0v) is 20.8. The van der Waals surface area contributed by atoms with Crippen LogP contribution in [0.3, 0.4) is 0 Å². The van der Waals surface area contributed by atoms with E-state index in [0.717, 1.165) is 75.2 Å². The van der Waals surface area contributed by atoms with Crippen molar-refractivity contribution in [3.63, 3.8) is 0 Å². The quantitative estimate of drug-likeness (QED) is 0.341. The number of hydrogen-bond acceptors (Lipinski definition) is 7. The van der Waals surface area contributed by atoms with E-state index in [-0.39, 0.29) is 6.61 Å². The minimum atomic E-state index is -1.04. The number of aliphatic carboxylic acids is 1. The van der Waals surface area contributed by atoms with Crippen LogP contribution in [0.15, 0.2) is 36.5 Å². The summed E-state index contributed by atoms with van der Waals surface area (Å²) in [7, 11) is 0. The van der Waals surface area contributed by atoms with Gasteiger partial charge in [-0.2, -0.15) is 0 Å². The van der Waals surface area contributed by atoms with E-state index >= 15 is 0 Å². The van der Waals surface area contributed by atoms with Crippen molar-refractivity contribution in [1.82, 2.24) is 20.2 Å². The number of carbonyl (C=O) groups excluding carboxylic acids is 1. The van der Waals surface area contributed by atoms with Crippen molar-refractivity contribution in [2.75, 3.05) is 31.6 Å². The third-order valence-electron chi connectivity index (χ3n) is 6.76. The summed E-state index contributed by atoms with van der Waals surface area (Å²) in [5.41, 5.74) is 3.25. The average molecular weight is 496 g/mol. The van der Waals surface area contributed by atoms with Gasteiger partial charge in [0.2, 0.25) is 0 Å². The Morgan fingerprint density at radius 2 is 2.03 bits per heavy atom. The number of carbonyl (C=O) groups is 2. The number of fused-ring (bicyclic) bond motifs is 1. The van der Waals surface area contributed by atoms with Crippen LogP contribution in [0.4, 0.5) is 10.6 Å². The second-order valence-electron chi connectivity index (χ2n) is 9.60. The lowest BCUT2D eigenvalue weighted by atomic mass is 10.1. The lowest BCUT2D eigenvalue weighted by Gasteiger charge is -2.24. The van der Waals surface area contributed by atoms with Gasteiger partial charge in [0, 0.05) is 43.1 Å². The topological polar surface area (TPSA) is 117 Å². The highest BCUT2D eigenvalue weighted by Gasteiger charge is 2.30. The summed E-state index contributed by atoms with van der Waals surface area (Å²) in [4.78, 5) is 35.2. The van der Waals surface area contributed by atoms with E-state index in [0.29, 0.717) is 25.4 Å². The smallest absolute Gasteiger partial charge is 0.407 e. The molecule has 194 valence electrons. The van der Waals surface area contributed by atoms with Gasteiger partial charge in [-0.3, -0.25) is 4.98 Å². The van der Waals surface area contributed by atoms with Crippen molar-refractivity contribution in [2.45, 2.75) is 69.9 Å². The van der Waals surface area contributed by atoms with Crippen LogP contribution in [0, 0.1) is 0 Å². The summed E-state index contributed by atoms with van der Waals surface area (Å²) in [6, 6.07) is 9.44. The Hall–Kier alpha value is -3.20. The normalized spacial score (nSPS) is 15.6. The van der Waals surface area contributed by atoms with Crippen LogP contribution in [0.25, 0.3) is 0 Å². The molecule has 3 heterocycles. The van der Waals surface area contributed by atoms with E-state index < -0.39 is 18.1 Å². The first-order valence-corrected chi connectivity index (χ1v) is 13.1. The highest BCUT2D eigenvalue weighted by molar-refractivity contribution is 5.79. The predicted molar refractivity (Wildman–Crippen MR) is 137 cm³/mol. The number of ether oxygens (including phenoxy) is 1. The molecule has 1 unspecified atom stereocenters. The Kier molecular flexibility index (Phi) is 9.49. The van der Waals surface area contributed by atoms with E-state index in [2.05, 4.69) is 32.7 Å². The number of nitrogens with zero attached hydrogens (tertiary/aromatic N) is 3. The summed E-state index contributed by atoms with van der Waals surface area (Å²) >= 11 is 0. The van der Waals surface area contributed by atoms with Gasteiger partial charge in [0.1, 0.15) is 11.9 Å². The molecule has 0 bridgehead atoms. The summed E-state index contributed by atoms with van der Waals surface area (Å²) in [6.45, 7) is 2.71. The second kappa shape index (κ2) is 13.2.